The Morgan fingerprint density at radius 3 is 2.62 bits per heavy atom. The van der Waals surface area contributed by atoms with E-state index in [1.54, 1.807) is 54.3 Å². The molecular formula is C19H15N3O2S2. The summed E-state index contributed by atoms with van der Waals surface area (Å²) in [5.41, 5.74) is 1.45. The van der Waals surface area contributed by atoms with Gasteiger partial charge >= 0.3 is 0 Å². The molecule has 0 aliphatic heterocycles. The van der Waals surface area contributed by atoms with E-state index in [-0.39, 0.29) is 4.90 Å². The van der Waals surface area contributed by atoms with Gasteiger partial charge in [0.05, 0.1) is 10.6 Å². The molecule has 0 bridgehead atoms. The van der Waals surface area contributed by atoms with Crippen LogP contribution in [0.4, 0.5) is 10.8 Å². The lowest BCUT2D eigenvalue weighted by Crippen LogP contribution is -2.26. The molecule has 0 spiro atoms. The van der Waals surface area contributed by atoms with Gasteiger partial charge in [-0.3, -0.25) is 4.98 Å². The summed E-state index contributed by atoms with van der Waals surface area (Å²) in [6, 6.07) is 14.2. The van der Waals surface area contributed by atoms with E-state index in [9.17, 15) is 8.42 Å². The Morgan fingerprint density at radius 1 is 1.00 bits per heavy atom. The standard InChI is InChI=1S/C19H15N3O2S2/c1-14-4-2-3-5-18(14)22(19-21-10-11-25-19)26(23,24)17-7-6-16-13-20-9-8-15(16)12-17/h2-13H,1H3. The van der Waals surface area contributed by atoms with Crippen LogP contribution in [0, 0.1) is 6.92 Å². The van der Waals surface area contributed by atoms with Crippen LogP contribution in [0.25, 0.3) is 10.8 Å². The summed E-state index contributed by atoms with van der Waals surface area (Å²) in [5.74, 6) is 0. The van der Waals surface area contributed by atoms with Crippen molar-refractivity contribution >= 4 is 43.0 Å². The molecule has 0 amide bonds. The molecule has 26 heavy (non-hydrogen) atoms. The molecule has 5 nitrogen and oxygen atoms in total. The third-order valence-corrected chi connectivity index (χ3v) is 6.65. The van der Waals surface area contributed by atoms with Gasteiger partial charge in [-0.2, -0.15) is 0 Å². The first-order valence-electron chi connectivity index (χ1n) is 7.91. The van der Waals surface area contributed by atoms with E-state index in [4.69, 9.17) is 0 Å². The van der Waals surface area contributed by atoms with Crippen LogP contribution < -0.4 is 4.31 Å². The lowest BCUT2D eigenvalue weighted by Gasteiger charge is -2.23. The normalized spacial score (nSPS) is 11.6. The van der Waals surface area contributed by atoms with E-state index in [0.29, 0.717) is 10.8 Å². The van der Waals surface area contributed by atoms with Crippen LogP contribution in [-0.4, -0.2) is 18.4 Å². The van der Waals surface area contributed by atoms with E-state index in [2.05, 4.69) is 9.97 Å². The van der Waals surface area contributed by atoms with Gasteiger partial charge in [0.25, 0.3) is 10.0 Å². The number of para-hydroxylation sites is 1. The number of aromatic nitrogens is 2. The molecule has 2 aromatic heterocycles. The molecule has 0 unspecified atom stereocenters. The van der Waals surface area contributed by atoms with Crippen LogP contribution in [0.3, 0.4) is 0 Å². The molecule has 0 aliphatic carbocycles. The Kier molecular flexibility index (Phi) is 4.18. The van der Waals surface area contributed by atoms with Gasteiger partial charge in [-0.05, 0) is 42.1 Å². The third kappa shape index (κ3) is 2.85. The number of aryl methyl sites for hydroxylation is 1. The van der Waals surface area contributed by atoms with Crippen molar-refractivity contribution < 1.29 is 8.42 Å². The molecule has 0 atom stereocenters. The van der Waals surface area contributed by atoms with Gasteiger partial charge in [0.1, 0.15) is 0 Å². The molecular weight excluding hydrogens is 366 g/mol. The highest BCUT2D eigenvalue weighted by Crippen LogP contribution is 2.36. The first-order chi connectivity index (χ1) is 12.6. The van der Waals surface area contributed by atoms with Crippen LogP contribution in [0.1, 0.15) is 5.56 Å². The van der Waals surface area contributed by atoms with E-state index in [0.717, 1.165) is 16.3 Å². The summed E-state index contributed by atoms with van der Waals surface area (Å²) in [5, 5.41) is 3.89. The number of thiazole rings is 1. The van der Waals surface area contributed by atoms with Gasteiger partial charge in [-0.1, -0.05) is 24.3 Å². The second-order valence-corrected chi connectivity index (χ2v) is 8.41. The second kappa shape index (κ2) is 6.51. The Bertz CT molecular complexity index is 1170. The Balaban J connectivity index is 1.93. The third-order valence-electron chi connectivity index (χ3n) is 4.08. The summed E-state index contributed by atoms with van der Waals surface area (Å²) in [4.78, 5) is 8.53. The highest BCUT2D eigenvalue weighted by molar-refractivity contribution is 7.93. The fraction of sp³-hybridized carbons (Fsp3) is 0.0526. The number of pyridine rings is 1. The maximum absolute atomic E-state index is 13.5. The maximum Gasteiger partial charge on any atom is 0.270 e. The van der Waals surface area contributed by atoms with Crippen molar-refractivity contribution in [2.24, 2.45) is 0 Å². The number of hydrogen-bond donors (Lipinski definition) is 0. The fourth-order valence-electron chi connectivity index (χ4n) is 2.77. The molecule has 2 aromatic carbocycles. The van der Waals surface area contributed by atoms with Gasteiger partial charge in [-0.15, -0.1) is 11.3 Å². The smallest absolute Gasteiger partial charge is 0.264 e. The van der Waals surface area contributed by atoms with Gasteiger partial charge in [0, 0.05) is 29.4 Å². The highest BCUT2D eigenvalue weighted by Gasteiger charge is 2.29. The number of benzene rings is 2. The predicted octanol–water partition coefficient (Wildman–Crippen LogP) is 4.53. The maximum atomic E-state index is 13.5. The minimum absolute atomic E-state index is 0.217. The molecule has 0 saturated carbocycles. The monoisotopic (exact) mass is 381 g/mol. The van der Waals surface area contributed by atoms with E-state index in [1.807, 2.05) is 25.1 Å². The molecule has 4 rings (SSSR count). The average Bonchev–Trinajstić information content (AvgIpc) is 3.17. The van der Waals surface area contributed by atoms with Gasteiger partial charge in [0.15, 0.2) is 0 Å². The fourth-order valence-corrected chi connectivity index (χ4v) is 5.20. The van der Waals surface area contributed by atoms with Crippen molar-refractivity contribution in [2.45, 2.75) is 11.8 Å². The molecule has 0 N–H and O–H groups in total. The summed E-state index contributed by atoms with van der Waals surface area (Å²) in [6.45, 7) is 1.89. The molecule has 2 heterocycles. The number of rotatable bonds is 4. The van der Waals surface area contributed by atoms with Crippen LogP contribution in [-0.2, 0) is 10.0 Å². The van der Waals surface area contributed by atoms with Crippen molar-refractivity contribution in [2.75, 3.05) is 4.31 Å². The molecule has 7 heteroatoms. The Morgan fingerprint density at radius 2 is 1.85 bits per heavy atom. The highest BCUT2D eigenvalue weighted by atomic mass is 32.2. The van der Waals surface area contributed by atoms with Crippen LogP contribution >= 0.6 is 11.3 Å². The molecule has 0 saturated heterocycles. The quantitative estimate of drug-likeness (QED) is 0.521. The first kappa shape index (κ1) is 16.7. The zero-order chi connectivity index (χ0) is 18.1. The van der Waals surface area contributed by atoms with Crippen molar-refractivity contribution in [1.29, 1.82) is 0 Å². The van der Waals surface area contributed by atoms with Crippen LogP contribution in [0.15, 0.2) is 77.4 Å². The Hall–Kier alpha value is -2.77. The van der Waals surface area contributed by atoms with Crippen molar-refractivity contribution in [3.05, 3.63) is 78.1 Å². The van der Waals surface area contributed by atoms with Gasteiger partial charge in [-0.25, -0.2) is 17.7 Å². The van der Waals surface area contributed by atoms with E-state index >= 15 is 0 Å². The number of sulfonamides is 1. The van der Waals surface area contributed by atoms with Crippen LogP contribution in [0.5, 0.6) is 0 Å². The van der Waals surface area contributed by atoms with Crippen molar-refractivity contribution in [3.8, 4) is 0 Å². The van der Waals surface area contributed by atoms with Crippen molar-refractivity contribution in [1.82, 2.24) is 9.97 Å². The van der Waals surface area contributed by atoms with E-state index in [1.165, 1.54) is 15.6 Å². The summed E-state index contributed by atoms with van der Waals surface area (Å²) < 4.78 is 28.3. The minimum atomic E-state index is -3.83. The lowest BCUT2D eigenvalue weighted by atomic mass is 10.2. The molecule has 0 aliphatic rings. The van der Waals surface area contributed by atoms with Gasteiger partial charge in [0.2, 0.25) is 5.13 Å². The number of fused-ring (bicyclic) bond motifs is 1. The molecule has 0 fully saturated rings. The molecule has 130 valence electrons. The largest absolute Gasteiger partial charge is 0.270 e. The van der Waals surface area contributed by atoms with Crippen LogP contribution in [0.2, 0.25) is 0 Å². The summed E-state index contributed by atoms with van der Waals surface area (Å²) in [6.07, 6.45) is 4.97. The lowest BCUT2D eigenvalue weighted by molar-refractivity contribution is 0.596. The number of hydrogen-bond acceptors (Lipinski definition) is 5. The SMILES string of the molecule is Cc1ccccc1N(c1nccs1)S(=O)(=O)c1ccc2cnccc2c1. The Labute approximate surface area is 155 Å². The molecule has 4 aromatic rings. The zero-order valence-corrected chi connectivity index (χ0v) is 15.5. The van der Waals surface area contributed by atoms with Crippen molar-refractivity contribution in [3.63, 3.8) is 0 Å². The van der Waals surface area contributed by atoms with E-state index < -0.39 is 10.0 Å². The molecule has 0 radical (unpaired) electrons. The first-order valence-corrected chi connectivity index (χ1v) is 10.2. The predicted molar refractivity (Wildman–Crippen MR) is 104 cm³/mol. The second-order valence-electron chi connectivity index (χ2n) is 5.76. The summed E-state index contributed by atoms with van der Waals surface area (Å²) >= 11 is 1.29. The topological polar surface area (TPSA) is 63.2 Å². The van der Waals surface area contributed by atoms with Gasteiger partial charge < -0.3 is 0 Å². The minimum Gasteiger partial charge on any atom is -0.264 e. The summed E-state index contributed by atoms with van der Waals surface area (Å²) in [7, 11) is -3.83. The number of nitrogens with zero attached hydrogens (tertiary/aromatic N) is 3. The number of anilines is 2. The zero-order valence-electron chi connectivity index (χ0n) is 13.9. The average molecular weight is 381 g/mol.